The normalized spacial score (nSPS) is 16.8. The van der Waals surface area contributed by atoms with E-state index in [-0.39, 0.29) is 46.8 Å². The van der Waals surface area contributed by atoms with Gasteiger partial charge in [-0.1, -0.05) is 13.8 Å². The number of aryl methyl sites for hydroxylation is 3. The monoisotopic (exact) mass is 776 g/mol. The van der Waals surface area contributed by atoms with Crippen molar-refractivity contribution in [2.75, 3.05) is 32.8 Å². The Hall–Kier alpha value is -4.70. The highest BCUT2D eigenvalue weighted by molar-refractivity contribution is 5.94. The molecule has 11 nitrogen and oxygen atoms in total. The third-order valence-electron chi connectivity index (χ3n) is 10.4. The molecule has 1 spiro atoms. The minimum atomic E-state index is -4.89. The van der Waals surface area contributed by atoms with E-state index in [1.54, 1.807) is 27.7 Å². The highest BCUT2D eigenvalue weighted by Crippen LogP contribution is 2.40. The van der Waals surface area contributed by atoms with E-state index in [2.05, 4.69) is 10.7 Å². The number of nitroso groups, excluding NO2 is 1. The quantitative estimate of drug-likeness (QED) is 0.0737. The molecule has 0 saturated carbocycles. The molecule has 1 amide bonds. The Morgan fingerprint density at radius 3 is 2.20 bits per heavy atom. The average molecular weight is 777 g/mol. The van der Waals surface area contributed by atoms with E-state index in [1.165, 1.54) is 31.2 Å². The molecule has 3 N–H and O–H groups in total. The molecule has 55 heavy (non-hydrogen) atoms. The van der Waals surface area contributed by atoms with Crippen LogP contribution in [0.25, 0.3) is 11.1 Å². The van der Waals surface area contributed by atoms with Crippen molar-refractivity contribution in [3.05, 3.63) is 96.8 Å². The summed E-state index contributed by atoms with van der Waals surface area (Å²) in [6, 6.07) is 5.49. The molecule has 0 bridgehead atoms. The smallest absolute Gasteiger partial charge is 0.431 e. The number of aromatic nitrogens is 1. The van der Waals surface area contributed by atoms with E-state index in [9.17, 15) is 42.0 Å². The number of hydrazine groups is 1. The first kappa shape index (κ1) is 41.5. The molecule has 298 valence electrons. The van der Waals surface area contributed by atoms with Gasteiger partial charge in [0.2, 0.25) is 0 Å². The summed E-state index contributed by atoms with van der Waals surface area (Å²) in [5.41, 5.74) is 1.61. The standard InChI is InChI=1S/C39H46F5N5O6/c1-22(2)14-32(49(54)46-30(19-33(50)51)29-18-26(15-25(5)35(29)41)34-23(3)16-27(40)17-24(34)4)45-36(52)28-6-7-31(39(42,43)44)48(37(28)53)11-10-47-20-38(21-47)8-12-55-13-9-38/h6-7,15-18,22,30,32H,8-14,19-21H2,1-5H3,(H2-,45,46,50,51,52,54)/p+1/t30-,32+/m0/s1. The number of ether oxygens (including phenoxy) is 1. The Kier molecular flexibility index (Phi) is 12.5. The zero-order chi connectivity index (χ0) is 40.4. The molecule has 3 heterocycles. The van der Waals surface area contributed by atoms with Crippen molar-refractivity contribution in [2.45, 2.75) is 85.2 Å². The summed E-state index contributed by atoms with van der Waals surface area (Å²) in [4.78, 5) is 55.1. The third-order valence-corrected chi connectivity index (χ3v) is 10.4. The predicted octanol–water partition coefficient (Wildman–Crippen LogP) is 6.45. The molecular weight excluding hydrogens is 729 g/mol. The lowest BCUT2D eigenvalue weighted by atomic mass is 9.73. The SMILES string of the molecule is Cc1cc(-c2c(C)cc(F)cc2C)cc([C@H](CC(=O)O)N[N+](=O)[C@H](CC(C)C)NC(=O)c2ccc(C(F)(F)F)n(CCN3CC4(CCOCC4)C3)c2=O)c1F. The van der Waals surface area contributed by atoms with E-state index in [0.717, 1.165) is 18.9 Å². The number of pyridine rings is 1. The lowest BCUT2D eigenvalue weighted by Gasteiger charge is -2.52. The number of nitrogens with one attached hydrogen (secondary N) is 2. The first-order chi connectivity index (χ1) is 25.8. The molecule has 0 unspecified atom stereocenters. The van der Waals surface area contributed by atoms with Crippen molar-refractivity contribution in [2.24, 2.45) is 11.3 Å². The summed E-state index contributed by atoms with van der Waals surface area (Å²) in [5, 5.41) is 12.2. The van der Waals surface area contributed by atoms with E-state index in [4.69, 9.17) is 4.74 Å². The Bertz CT molecular complexity index is 1980. The second kappa shape index (κ2) is 16.6. The van der Waals surface area contributed by atoms with Crippen LogP contribution < -0.4 is 16.3 Å². The maximum atomic E-state index is 15.8. The molecule has 2 saturated heterocycles. The van der Waals surface area contributed by atoms with Gasteiger partial charge in [-0.25, -0.2) is 8.78 Å². The van der Waals surface area contributed by atoms with Gasteiger partial charge in [0.25, 0.3) is 11.5 Å². The van der Waals surface area contributed by atoms with Crippen LogP contribution in [0.5, 0.6) is 0 Å². The first-order valence-electron chi connectivity index (χ1n) is 18.2. The Morgan fingerprint density at radius 1 is 0.982 bits per heavy atom. The van der Waals surface area contributed by atoms with Gasteiger partial charge in [0.1, 0.15) is 33.8 Å². The highest BCUT2D eigenvalue weighted by atomic mass is 19.4. The number of carboxylic acid groups (broad SMARTS) is 1. The topological polar surface area (TPSA) is 133 Å². The lowest BCUT2D eigenvalue weighted by molar-refractivity contribution is -0.652. The van der Waals surface area contributed by atoms with Crippen molar-refractivity contribution < 1.29 is 46.3 Å². The van der Waals surface area contributed by atoms with Gasteiger partial charge in [-0.05, 0) is 104 Å². The van der Waals surface area contributed by atoms with Crippen LogP contribution in [-0.4, -0.2) is 70.3 Å². The van der Waals surface area contributed by atoms with Gasteiger partial charge in [0.15, 0.2) is 0 Å². The van der Waals surface area contributed by atoms with E-state index in [1.807, 2.05) is 4.90 Å². The van der Waals surface area contributed by atoms with Crippen LogP contribution in [0.4, 0.5) is 22.0 Å². The number of benzene rings is 2. The van der Waals surface area contributed by atoms with Crippen molar-refractivity contribution >= 4 is 11.9 Å². The van der Waals surface area contributed by atoms with E-state index < -0.39 is 65.1 Å². The Balaban J connectivity index is 1.40. The Morgan fingerprint density at radius 2 is 1.62 bits per heavy atom. The predicted molar refractivity (Wildman–Crippen MR) is 193 cm³/mol. The van der Waals surface area contributed by atoms with E-state index in [0.29, 0.717) is 59.2 Å². The molecule has 3 aromatic rings. The number of hydrogen-bond acceptors (Lipinski definition) is 6. The fourth-order valence-corrected chi connectivity index (χ4v) is 7.74. The molecule has 2 aliphatic rings. The molecule has 1 aromatic heterocycles. The molecular formula is C39H47F5N5O6+. The van der Waals surface area contributed by atoms with Crippen molar-refractivity contribution in [3.8, 4) is 11.1 Å². The van der Waals surface area contributed by atoms with Crippen LogP contribution in [0.2, 0.25) is 0 Å². The van der Waals surface area contributed by atoms with Crippen molar-refractivity contribution in [1.82, 2.24) is 20.2 Å². The molecule has 16 heteroatoms. The second-order valence-corrected chi connectivity index (χ2v) is 15.2. The van der Waals surface area contributed by atoms with Gasteiger partial charge in [0.05, 0.1) is 11.3 Å². The minimum absolute atomic E-state index is 0.0475. The highest BCUT2D eigenvalue weighted by Gasteiger charge is 2.44. The number of halogens is 5. The molecule has 2 atom stereocenters. The van der Waals surface area contributed by atoms with Crippen LogP contribution in [0.1, 0.15) is 83.9 Å². The number of nitrogens with zero attached hydrogens (tertiary/aromatic N) is 3. The van der Waals surface area contributed by atoms with Gasteiger partial charge < -0.3 is 19.3 Å². The summed E-state index contributed by atoms with van der Waals surface area (Å²) in [6.45, 7) is 10.7. The number of rotatable bonds is 14. The number of amides is 1. The zero-order valence-corrected chi connectivity index (χ0v) is 31.5. The number of carbonyl (C=O) groups excluding carboxylic acids is 1. The van der Waals surface area contributed by atoms with Gasteiger partial charge in [-0.2, -0.15) is 13.2 Å². The largest absolute Gasteiger partial charge is 0.481 e. The number of carbonyl (C=O) groups is 2. The fraction of sp³-hybridized carbons (Fsp3) is 0.513. The van der Waals surface area contributed by atoms with Crippen LogP contribution in [-0.2, 0) is 22.3 Å². The van der Waals surface area contributed by atoms with Gasteiger partial charge in [-0.3, -0.25) is 19.7 Å². The molecule has 2 aliphatic heterocycles. The van der Waals surface area contributed by atoms with Gasteiger partial charge >= 0.3 is 18.3 Å². The molecule has 2 aromatic carbocycles. The second-order valence-electron chi connectivity index (χ2n) is 15.2. The van der Waals surface area contributed by atoms with Gasteiger partial charge in [-0.15, -0.1) is 5.43 Å². The fourth-order valence-electron chi connectivity index (χ4n) is 7.74. The van der Waals surface area contributed by atoms with Crippen molar-refractivity contribution in [3.63, 3.8) is 0 Å². The first-order valence-corrected chi connectivity index (χ1v) is 18.2. The van der Waals surface area contributed by atoms with Gasteiger partial charge in [0, 0.05) is 56.8 Å². The summed E-state index contributed by atoms with van der Waals surface area (Å²) < 4.78 is 78.1. The Labute approximate surface area is 315 Å². The maximum Gasteiger partial charge on any atom is 0.431 e. The number of likely N-dealkylation sites (tertiary alicyclic amines) is 1. The number of hydrogen-bond donors (Lipinski definition) is 3. The number of alkyl halides is 3. The number of aliphatic carboxylic acids is 1. The van der Waals surface area contributed by atoms with Crippen LogP contribution in [0.3, 0.4) is 0 Å². The molecule has 0 radical (unpaired) electrons. The summed E-state index contributed by atoms with van der Waals surface area (Å²) in [6.07, 6.45) is -5.47. The van der Waals surface area contributed by atoms with E-state index >= 15 is 4.39 Å². The van der Waals surface area contributed by atoms with Crippen LogP contribution in [0.15, 0.2) is 41.2 Å². The van der Waals surface area contributed by atoms with Crippen molar-refractivity contribution in [1.29, 1.82) is 0 Å². The lowest BCUT2D eigenvalue weighted by Crippen LogP contribution is -2.59. The van der Waals surface area contributed by atoms with Crippen LogP contribution in [0, 0.1) is 48.6 Å². The summed E-state index contributed by atoms with van der Waals surface area (Å²) in [5.74, 6) is -4.00. The summed E-state index contributed by atoms with van der Waals surface area (Å²) >= 11 is 0. The third kappa shape index (κ3) is 9.58. The average Bonchev–Trinajstić information content (AvgIpc) is 3.06. The maximum absolute atomic E-state index is 15.8. The molecule has 5 rings (SSSR count). The molecule has 0 aliphatic carbocycles. The molecule has 2 fully saturated rings. The summed E-state index contributed by atoms with van der Waals surface area (Å²) in [7, 11) is 0. The minimum Gasteiger partial charge on any atom is -0.481 e. The number of carboxylic acids is 1. The van der Waals surface area contributed by atoms with Crippen LogP contribution >= 0.6 is 0 Å². The zero-order valence-electron chi connectivity index (χ0n) is 31.5.